The van der Waals surface area contributed by atoms with Gasteiger partial charge >= 0.3 is 0 Å². The standard InChI is InChI=1S/C22H32O4/c1-7-21(5,12-13-23)20(26-14-25-6)17(4)22-10-8-15(2)16(3)19(22)18(24)9-11-22/h7,13,15,20H,1,4,8-12,14H2,2-3,5-6H3/t15-,20+,21-,22?/m1/s1/i13D. The summed E-state index contributed by atoms with van der Waals surface area (Å²) >= 11 is 0. The van der Waals surface area contributed by atoms with Crippen LogP contribution in [0.15, 0.2) is 36.0 Å². The lowest BCUT2D eigenvalue weighted by molar-refractivity contribution is -0.117. The van der Waals surface area contributed by atoms with E-state index in [1.54, 1.807) is 6.08 Å². The van der Waals surface area contributed by atoms with Crippen LogP contribution in [0.2, 0.25) is 0 Å². The number of aldehydes is 1. The molecule has 0 aromatic heterocycles. The van der Waals surface area contributed by atoms with E-state index in [2.05, 4.69) is 27.0 Å². The van der Waals surface area contributed by atoms with Gasteiger partial charge in [0, 0.05) is 36.4 Å². The number of hydrogen-bond donors (Lipinski definition) is 0. The molecule has 2 aliphatic rings. The smallest absolute Gasteiger partial charge is 0.159 e. The molecular weight excluding hydrogens is 328 g/mol. The Hall–Kier alpha value is -1.52. The van der Waals surface area contributed by atoms with Gasteiger partial charge in [-0.2, -0.15) is 0 Å². The van der Waals surface area contributed by atoms with E-state index in [4.69, 9.17) is 10.8 Å². The first-order valence-corrected chi connectivity index (χ1v) is 9.30. The van der Waals surface area contributed by atoms with Crippen LogP contribution in [-0.2, 0) is 19.1 Å². The third-order valence-electron chi connectivity index (χ3n) is 6.48. The topological polar surface area (TPSA) is 52.6 Å². The molecule has 4 heteroatoms. The molecule has 0 aliphatic heterocycles. The lowest BCUT2D eigenvalue weighted by Gasteiger charge is -2.45. The van der Waals surface area contributed by atoms with Crippen molar-refractivity contribution in [3.8, 4) is 0 Å². The summed E-state index contributed by atoms with van der Waals surface area (Å²) < 4.78 is 18.6. The minimum Gasteiger partial charge on any atom is -0.359 e. The van der Waals surface area contributed by atoms with Gasteiger partial charge in [-0.3, -0.25) is 4.79 Å². The number of allylic oxidation sites excluding steroid dienone is 2. The molecule has 2 rings (SSSR count). The van der Waals surface area contributed by atoms with E-state index in [1.165, 1.54) is 7.11 Å². The number of carbonyl (C=O) groups is 2. The van der Waals surface area contributed by atoms with Crippen molar-refractivity contribution in [2.24, 2.45) is 16.7 Å². The fourth-order valence-electron chi connectivity index (χ4n) is 4.60. The molecule has 4 atom stereocenters. The largest absolute Gasteiger partial charge is 0.359 e. The van der Waals surface area contributed by atoms with Crippen LogP contribution in [0.1, 0.15) is 54.2 Å². The summed E-state index contributed by atoms with van der Waals surface area (Å²) in [6.45, 7) is 14.4. The monoisotopic (exact) mass is 361 g/mol. The summed E-state index contributed by atoms with van der Waals surface area (Å²) in [6, 6.07) is 0. The zero-order valence-electron chi connectivity index (χ0n) is 17.5. The van der Waals surface area contributed by atoms with Gasteiger partial charge in [-0.1, -0.05) is 32.1 Å². The van der Waals surface area contributed by atoms with Gasteiger partial charge in [0.25, 0.3) is 0 Å². The SMILES string of the molecule is [2H]C(=O)C[C@@](C)(C=C)[C@@H](OCOC)C(=C)C12CCC(=O)C1=C(C)[C@H](C)CC2. The van der Waals surface area contributed by atoms with E-state index in [0.717, 1.165) is 36.0 Å². The lowest BCUT2D eigenvalue weighted by Crippen LogP contribution is -2.43. The van der Waals surface area contributed by atoms with E-state index >= 15 is 0 Å². The van der Waals surface area contributed by atoms with Crippen molar-refractivity contribution >= 4 is 12.0 Å². The molecule has 4 nitrogen and oxygen atoms in total. The molecule has 1 unspecified atom stereocenters. The Morgan fingerprint density at radius 2 is 2.23 bits per heavy atom. The second kappa shape index (κ2) is 8.01. The van der Waals surface area contributed by atoms with E-state index in [-0.39, 0.29) is 19.0 Å². The van der Waals surface area contributed by atoms with Gasteiger partial charge < -0.3 is 14.3 Å². The summed E-state index contributed by atoms with van der Waals surface area (Å²) in [5.74, 6) is 0.574. The van der Waals surface area contributed by atoms with Crippen LogP contribution < -0.4 is 0 Å². The van der Waals surface area contributed by atoms with Crippen molar-refractivity contribution in [1.82, 2.24) is 0 Å². The predicted molar refractivity (Wildman–Crippen MR) is 103 cm³/mol. The first kappa shape index (κ1) is 19.2. The van der Waals surface area contributed by atoms with Gasteiger partial charge in [0.2, 0.25) is 0 Å². The van der Waals surface area contributed by atoms with Crippen LogP contribution in [-0.4, -0.2) is 32.1 Å². The lowest BCUT2D eigenvalue weighted by atomic mass is 9.61. The highest BCUT2D eigenvalue weighted by Crippen LogP contribution is 2.57. The molecule has 0 aromatic carbocycles. The quantitative estimate of drug-likeness (QED) is 0.347. The second-order valence-corrected chi connectivity index (χ2v) is 8.01. The fourth-order valence-corrected chi connectivity index (χ4v) is 4.60. The Bertz CT molecular complexity index is 680. The molecule has 0 heterocycles. The third kappa shape index (κ3) is 3.37. The third-order valence-corrected chi connectivity index (χ3v) is 6.48. The highest BCUT2D eigenvalue weighted by Gasteiger charge is 2.52. The second-order valence-electron chi connectivity index (χ2n) is 8.01. The Balaban J connectivity index is 2.53. The van der Waals surface area contributed by atoms with E-state index in [1.807, 2.05) is 6.92 Å². The van der Waals surface area contributed by atoms with E-state index in [0.29, 0.717) is 12.3 Å². The molecule has 0 amide bonds. The normalized spacial score (nSPS) is 29.6. The minimum atomic E-state index is -0.795. The van der Waals surface area contributed by atoms with E-state index in [9.17, 15) is 9.59 Å². The minimum absolute atomic E-state index is 0.0254. The summed E-state index contributed by atoms with van der Waals surface area (Å²) in [7, 11) is 1.54. The average molecular weight is 362 g/mol. The highest BCUT2D eigenvalue weighted by molar-refractivity contribution is 6.01. The maximum absolute atomic E-state index is 12.7. The van der Waals surface area contributed by atoms with Crippen LogP contribution in [0.3, 0.4) is 0 Å². The number of methoxy groups -OCH3 is 1. The van der Waals surface area contributed by atoms with Gasteiger partial charge in [0.05, 0.1) is 6.10 Å². The Morgan fingerprint density at radius 1 is 1.54 bits per heavy atom. The van der Waals surface area contributed by atoms with Crippen molar-refractivity contribution in [2.45, 2.75) is 59.0 Å². The van der Waals surface area contributed by atoms with Crippen molar-refractivity contribution < 1.29 is 20.4 Å². The van der Waals surface area contributed by atoms with Crippen molar-refractivity contribution in [3.63, 3.8) is 0 Å². The van der Waals surface area contributed by atoms with Gasteiger partial charge in [0.15, 0.2) is 5.78 Å². The molecule has 1 saturated carbocycles. The number of ketones is 1. The Kier molecular flexibility index (Phi) is 5.93. The molecule has 0 bridgehead atoms. The van der Waals surface area contributed by atoms with Gasteiger partial charge in [-0.25, -0.2) is 0 Å². The fraction of sp³-hybridized carbons (Fsp3) is 0.636. The zero-order valence-corrected chi connectivity index (χ0v) is 16.5. The van der Waals surface area contributed by atoms with Crippen LogP contribution in [0, 0.1) is 16.7 Å². The number of rotatable bonds is 9. The number of hydrogen-bond acceptors (Lipinski definition) is 4. The van der Waals surface area contributed by atoms with E-state index < -0.39 is 23.2 Å². The Morgan fingerprint density at radius 3 is 2.81 bits per heavy atom. The summed E-state index contributed by atoms with van der Waals surface area (Å²) in [4.78, 5) is 24.3. The van der Waals surface area contributed by atoms with Crippen molar-refractivity contribution in [1.29, 1.82) is 0 Å². The van der Waals surface area contributed by atoms with Gasteiger partial charge in [-0.15, -0.1) is 6.58 Å². The summed E-state index contributed by atoms with van der Waals surface area (Å²) in [6.07, 6.45) is 3.46. The van der Waals surface area contributed by atoms with Crippen LogP contribution in [0.5, 0.6) is 0 Å². The number of Topliss-reactive ketones (excluding diaryl/α,β-unsaturated/α-hetero) is 1. The maximum Gasteiger partial charge on any atom is 0.159 e. The van der Waals surface area contributed by atoms with Gasteiger partial charge in [0.1, 0.15) is 14.4 Å². The predicted octanol–water partition coefficient (Wildman–Crippen LogP) is 4.41. The van der Waals surface area contributed by atoms with Crippen molar-refractivity contribution in [2.75, 3.05) is 13.9 Å². The number of carbonyl (C=O) groups excluding carboxylic acids is 2. The molecular formula is C22H32O4. The molecule has 2 aliphatic carbocycles. The summed E-state index contributed by atoms with van der Waals surface area (Å²) in [5.41, 5.74) is 1.61. The molecule has 26 heavy (non-hydrogen) atoms. The molecule has 0 aromatic rings. The van der Waals surface area contributed by atoms with Gasteiger partial charge in [-0.05, 0) is 37.7 Å². The molecule has 144 valence electrons. The zero-order chi connectivity index (χ0) is 20.4. The first-order valence-electron chi connectivity index (χ1n) is 9.80. The molecule has 0 saturated heterocycles. The number of ether oxygens (including phenoxy) is 2. The number of fused-ring (bicyclic) bond motifs is 1. The molecule has 0 radical (unpaired) electrons. The molecule has 1 fully saturated rings. The van der Waals surface area contributed by atoms with Crippen LogP contribution >= 0.6 is 0 Å². The molecule has 0 spiro atoms. The van der Waals surface area contributed by atoms with Crippen LogP contribution in [0.25, 0.3) is 0 Å². The highest BCUT2D eigenvalue weighted by atomic mass is 16.7. The average Bonchev–Trinajstić information content (AvgIpc) is 2.96. The van der Waals surface area contributed by atoms with Crippen LogP contribution in [0.4, 0.5) is 0 Å². The summed E-state index contributed by atoms with van der Waals surface area (Å²) in [5, 5.41) is 0. The van der Waals surface area contributed by atoms with Crippen molar-refractivity contribution in [3.05, 3.63) is 36.0 Å². The molecule has 0 N–H and O–H groups in total. The Labute approximate surface area is 158 Å². The first-order chi connectivity index (χ1) is 12.6. The maximum atomic E-state index is 12.7.